The maximum absolute atomic E-state index is 5.64. The van der Waals surface area contributed by atoms with Gasteiger partial charge in [0.05, 0.1) is 0 Å². The van der Waals surface area contributed by atoms with Gasteiger partial charge in [-0.05, 0) is 25.2 Å². The van der Waals surface area contributed by atoms with Crippen molar-refractivity contribution in [2.75, 3.05) is 13.2 Å². The van der Waals surface area contributed by atoms with Crippen LogP contribution < -0.4 is 0 Å². The highest BCUT2D eigenvalue weighted by Crippen LogP contribution is 2.35. The van der Waals surface area contributed by atoms with Gasteiger partial charge in [0.2, 0.25) is 0 Å². The maximum atomic E-state index is 5.64. The second-order valence-corrected chi connectivity index (χ2v) is 5.42. The third-order valence-electron chi connectivity index (χ3n) is 1.77. The number of ether oxygens (including phenoxy) is 1. The minimum atomic E-state index is -1.11. The second-order valence-electron chi connectivity index (χ2n) is 2.90. The third kappa shape index (κ3) is 4.41. The molecule has 4 heteroatoms. The van der Waals surface area contributed by atoms with E-state index in [2.05, 4.69) is 0 Å². The molecular formula is C7H11Cl3O. The van der Waals surface area contributed by atoms with Crippen molar-refractivity contribution in [3.63, 3.8) is 0 Å². The Balaban J connectivity index is 2.24. The van der Waals surface area contributed by atoms with E-state index in [1.54, 1.807) is 0 Å². The Kier molecular flexibility index (Phi) is 3.76. The molecule has 1 heterocycles. The summed E-state index contributed by atoms with van der Waals surface area (Å²) in [5.41, 5.74) is 0. The molecule has 1 unspecified atom stereocenters. The van der Waals surface area contributed by atoms with Crippen LogP contribution >= 0.6 is 34.8 Å². The molecule has 1 nitrogen and oxygen atoms in total. The molecule has 0 amide bonds. The summed E-state index contributed by atoms with van der Waals surface area (Å²) < 4.78 is 4.15. The van der Waals surface area contributed by atoms with Gasteiger partial charge in [-0.2, -0.15) is 0 Å². The lowest BCUT2D eigenvalue weighted by atomic mass is 10.00. The first-order chi connectivity index (χ1) is 5.08. The summed E-state index contributed by atoms with van der Waals surface area (Å²) in [6.45, 7) is 1.60. The van der Waals surface area contributed by atoms with Gasteiger partial charge in [-0.3, -0.25) is 0 Å². The molecule has 1 atom stereocenters. The highest BCUT2D eigenvalue weighted by molar-refractivity contribution is 6.67. The van der Waals surface area contributed by atoms with Gasteiger partial charge in [0.15, 0.2) is 3.79 Å². The molecule has 0 aromatic carbocycles. The van der Waals surface area contributed by atoms with Crippen molar-refractivity contribution in [1.29, 1.82) is 0 Å². The summed E-state index contributed by atoms with van der Waals surface area (Å²) in [6.07, 6.45) is 2.82. The Morgan fingerprint density at radius 2 is 2.09 bits per heavy atom. The molecule has 1 rings (SSSR count). The highest BCUT2D eigenvalue weighted by atomic mass is 35.6. The molecule has 1 aliphatic heterocycles. The van der Waals surface area contributed by atoms with Gasteiger partial charge < -0.3 is 4.74 Å². The van der Waals surface area contributed by atoms with Crippen LogP contribution in [0.5, 0.6) is 0 Å². The zero-order valence-electron chi connectivity index (χ0n) is 6.16. The van der Waals surface area contributed by atoms with Gasteiger partial charge in [-0.15, -0.1) is 0 Å². The van der Waals surface area contributed by atoms with Crippen LogP contribution in [0.25, 0.3) is 0 Å². The van der Waals surface area contributed by atoms with Gasteiger partial charge in [0.25, 0.3) is 0 Å². The molecule has 11 heavy (non-hydrogen) atoms. The molecule has 66 valence electrons. The topological polar surface area (TPSA) is 9.23 Å². The number of halogens is 3. The van der Waals surface area contributed by atoms with Crippen molar-refractivity contribution in [3.8, 4) is 0 Å². The third-order valence-corrected chi connectivity index (χ3v) is 2.24. The van der Waals surface area contributed by atoms with Crippen LogP contribution in [0.3, 0.4) is 0 Å². The van der Waals surface area contributed by atoms with E-state index in [0.29, 0.717) is 12.3 Å². The van der Waals surface area contributed by atoms with Crippen LogP contribution in [0.4, 0.5) is 0 Å². The van der Waals surface area contributed by atoms with E-state index in [1.165, 1.54) is 0 Å². The first-order valence-electron chi connectivity index (χ1n) is 3.72. The average molecular weight is 218 g/mol. The van der Waals surface area contributed by atoms with Crippen LogP contribution in [-0.4, -0.2) is 17.0 Å². The summed E-state index contributed by atoms with van der Waals surface area (Å²) in [4.78, 5) is 0. The van der Waals surface area contributed by atoms with Crippen molar-refractivity contribution in [1.82, 2.24) is 0 Å². The number of rotatable bonds is 1. The molecule has 0 N–H and O–H groups in total. The van der Waals surface area contributed by atoms with E-state index in [9.17, 15) is 0 Å². The first kappa shape index (κ1) is 9.91. The summed E-state index contributed by atoms with van der Waals surface area (Å²) >= 11 is 16.9. The van der Waals surface area contributed by atoms with Crippen molar-refractivity contribution < 1.29 is 4.74 Å². The quantitative estimate of drug-likeness (QED) is 0.613. The van der Waals surface area contributed by atoms with Crippen LogP contribution in [0.2, 0.25) is 0 Å². The second kappa shape index (κ2) is 4.18. The number of alkyl halides is 3. The summed E-state index contributed by atoms with van der Waals surface area (Å²) in [5.74, 6) is 0.427. The minimum absolute atomic E-state index is 0.427. The lowest BCUT2D eigenvalue weighted by Gasteiger charge is -2.24. The van der Waals surface area contributed by atoms with E-state index >= 15 is 0 Å². The van der Waals surface area contributed by atoms with Crippen molar-refractivity contribution in [3.05, 3.63) is 0 Å². The zero-order chi connectivity index (χ0) is 8.32. The fourth-order valence-electron chi connectivity index (χ4n) is 1.30. The van der Waals surface area contributed by atoms with E-state index in [1.807, 2.05) is 0 Å². The summed E-state index contributed by atoms with van der Waals surface area (Å²) in [5, 5.41) is 0. The normalized spacial score (nSPS) is 27.0. The predicted octanol–water partition coefficient (Wildman–Crippen LogP) is 3.17. The van der Waals surface area contributed by atoms with E-state index in [0.717, 1.165) is 26.1 Å². The highest BCUT2D eigenvalue weighted by Gasteiger charge is 2.26. The molecule has 1 aliphatic rings. The van der Waals surface area contributed by atoms with Gasteiger partial charge in [0.1, 0.15) is 0 Å². The number of hydrogen-bond donors (Lipinski definition) is 0. The molecule has 1 fully saturated rings. The standard InChI is InChI=1S/C7H11Cl3O/c8-7(9,10)4-6-2-1-3-11-5-6/h6H,1-5H2. The largest absolute Gasteiger partial charge is 0.381 e. The lowest BCUT2D eigenvalue weighted by molar-refractivity contribution is 0.0521. The summed E-state index contributed by atoms with van der Waals surface area (Å²) in [7, 11) is 0. The fourth-order valence-corrected chi connectivity index (χ4v) is 1.95. The van der Waals surface area contributed by atoms with Crippen LogP contribution in [0, 0.1) is 5.92 Å². The Morgan fingerprint density at radius 1 is 1.36 bits per heavy atom. The smallest absolute Gasteiger partial charge is 0.190 e. The number of hydrogen-bond acceptors (Lipinski definition) is 1. The van der Waals surface area contributed by atoms with Gasteiger partial charge in [-0.1, -0.05) is 34.8 Å². The van der Waals surface area contributed by atoms with Gasteiger partial charge in [-0.25, -0.2) is 0 Å². The maximum Gasteiger partial charge on any atom is 0.190 e. The summed E-state index contributed by atoms with van der Waals surface area (Å²) in [6, 6.07) is 0. The molecule has 0 bridgehead atoms. The van der Waals surface area contributed by atoms with Crippen LogP contribution in [-0.2, 0) is 4.74 Å². The minimum Gasteiger partial charge on any atom is -0.381 e. The molecule has 0 aromatic rings. The Labute approximate surface area is 81.9 Å². The molecule has 1 saturated heterocycles. The monoisotopic (exact) mass is 216 g/mol. The van der Waals surface area contributed by atoms with Crippen molar-refractivity contribution in [2.24, 2.45) is 5.92 Å². The molecule has 0 saturated carbocycles. The first-order valence-corrected chi connectivity index (χ1v) is 4.86. The lowest BCUT2D eigenvalue weighted by Crippen LogP contribution is -2.21. The SMILES string of the molecule is ClC(Cl)(Cl)CC1CCCOC1. The van der Waals surface area contributed by atoms with Crippen molar-refractivity contribution >= 4 is 34.8 Å². The Hall–Kier alpha value is 0.830. The average Bonchev–Trinajstić information content (AvgIpc) is 1.85. The Bertz CT molecular complexity index is 115. The zero-order valence-corrected chi connectivity index (χ0v) is 8.42. The molecule has 0 radical (unpaired) electrons. The van der Waals surface area contributed by atoms with E-state index in [4.69, 9.17) is 39.5 Å². The van der Waals surface area contributed by atoms with Crippen LogP contribution in [0.1, 0.15) is 19.3 Å². The fraction of sp³-hybridized carbons (Fsp3) is 1.00. The Morgan fingerprint density at radius 3 is 2.55 bits per heavy atom. The molecule has 0 aliphatic carbocycles. The molecule has 0 aromatic heterocycles. The van der Waals surface area contributed by atoms with E-state index < -0.39 is 3.79 Å². The molecular weight excluding hydrogens is 206 g/mol. The predicted molar refractivity (Wildman–Crippen MR) is 48.5 cm³/mol. The molecule has 0 spiro atoms. The van der Waals surface area contributed by atoms with Gasteiger partial charge in [0, 0.05) is 13.2 Å². The van der Waals surface area contributed by atoms with Crippen LogP contribution in [0.15, 0.2) is 0 Å². The van der Waals surface area contributed by atoms with Gasteiger partial charge >= 0.3 is 0 Å². The van der Waals surface area contributed by atoms with E-state index in [-0.39, 0.29) is 0 Å². The van der Waals surface area contributed by atoms with Crippen molar-refractivity contribution in [2.45, 2.75) is 23.1 Å².